The van der Waals surface area contributed by atoms with Crippen LogP contribution in [0.5, 0.6) is 0 Å². The van der Waals surface area contributed by atoms with Crippen molar-refractivity contribution in [1.82, 2.24) is 0 Å². The molecule has 0 fully saturated rings. The largest absolute Gasteiger partial charge is 0.380 e. The maximum atomic E-state index is 11.3. The maximum Gasteiger partial charge on any atom is 0.253 e. The molecule has 0 aromatic heterocycles. The van der Waals surface area contributed by atoms with Gasteiger partial charge in [0, 0.05) is 12.2 Å². The van der Waals surface area contributed by atoms with Gasteiger partial charge in [-0.1, -0.05) is 18.2 Å². The first-order chi connectivity index (χ1) is 7.74. The molecule has 0 aliphatic carbocycles. The Kier molecular flexibility index (Phi) is 2.72. The van der Waals surface area contributed by atoms with Crippen LogP contribution < -0.4 is 21.5 Å². The van der Waals surface area contributed by atoms with Crippen LogP contribution in [0.2, 0.25) is 0 Å². The highest BCUT2D eigenvalue weighted by molar-refractivity contribution is 5.78. The highest BCUT2D eigenvalue weighted by Gasteiger charge is 2.19. The molecule has 4 nitrogen and oxygen atoms in total. The second-order valence-electron chi connectivity index (χ2n) is 3.43. The molecule has 0 atom stereocenters. The van der Waals surface area contributed by atoms with Gasteiger partial charge in [-0.25, -0.2) is 0 Å². The molecule has 0 bridgehead atoms. The average Bonchev–Trinajstić information content (AvgIpc) is 2.34. The monoisotopic (exact) mass is 216 g/mol. The zero-order valence-electron chi connectivity index (χ0n) is 8.91. The molecule has 2 N–H and O–H groups in total. The molecular formula is C12H12N2O2. The van der Waals surface area contributed by atoms with Gasteiger partial charge in [-0.2, -0.15) is 0 Å². The fourth-order valence-electron chi connectivity index (χ4n) is 1.52. The molecule has 4 heteroatoms. The van der Waals surface area contributed by atoms with Gasteiger partial charge < -0.3 is 10.6 Å². The van der Waals surface area contributed by atoms with Crippen molar-refractivity contribution >= 4 is 17.1 Å². The summed E-state index contributed by atoms with van der Waals surface area (Å²) in [5.41, 5.74) is 0.642. The summed E-state index contributed by atoms with van der Waals surface area (Å²) in [5, 5.41) is 5.82. The summed E-state index contributed by atoms with van der Waals surface area (Å²) in [6.07, 6.45) is 0. The summed E-state index contributed by atoms with van der Waals surface area (Å²) in [6, 6.07) is 9.29. The molecule has 0 spiro atoms. The molecule has 2 rings (SSSR count). The van der Waals surface area contributed by atoms with Gasteiger partial charge in [-0.3, -0.25) is 9.59 Å². The molecule has 82 valence electrons. The lowest BCUT2D eigenvalue weighted by molar-refractivity contribution is 1.18. The molecule has 2 aromatic rings. The van der Waals surface area contributed by atoms with Crippen LogP contribution in [0.25, 0.3) is 0 Å². The third-order valence-electron chi connectivity index (χ3n) is 2.31. The predicted molar refractivity (Wildman–Crippen MR) is 65.2 cm³/mol. The van der Waals surface area contributed by atoms with Crippen LogP contribution in [0.3, 0.4) is 0 Å². The van der Waals surface area contributed by atoms with E-state index < -0.39 is 10.9 Å². The van der Waals surface area contributed by atoms with E-state index in [-0.39, 0.29) is 0 Å². The van der Waals surface area contributed by atoms with E-state index in [9.17, 15) is 9.59 Å². The molecule has 2 aromatic carbocycles. The average molecular weight is 216 g/mol. The molecule has 0 unspecified atom stereocenters. The maximum absolute atomic E-state index is 11.3. The molecule has 0 saturated heterocycles. The second-order valence-corrected chi connectivity index (χ2v) is 3.43. The number of rotatable bonds is 4. The van der Waals surface area contributed by atoms with Crippen molar-refractivity contribution in [3.8, 4) is 0 Å². The van der Waals surface area contributed by atoms with Crippen molar-refractivity contribution in [2.45, 2.75) is 6.92 Å². The van der Waals surface area contributed by atoms with Crippen molar-refractivity contribution in [1.29, 1.82) is 0 Å². The van der Waals surface area contributed by atoms with Gasteiger partial charge in [0.25, 0.3) is 10.9 Å². The van der Waals surface area contributed by atoms with Gasteiger partial charge in [0.05, 0.1) is 0 Å². The van der Waals surface area contributed by atoms with Gasteiger partial charge in [0.2, 0.25) is 0 Å². The molecule has 0 heterocycles. The topological polar surface area (TPSA) is 58.2 Å². The zero-order chi connectivity index (χ0) is 11.5. The van der Waals surface area contributed by atoms with Crippen molar-refractivity contribution < 1.29 is 0 Å². The predicted octanol–water partition coefficient (Wildman–Crippen LogP) is 1.46. The summed E-state index contributed by atoms with van der Waals surface area (Å²) in [5.74, 6) is 0. The van der Waals surface area contributed by atoms with Gasteiger partial charge in [0.15, 0.2) is 0 Å². The Bertz CT molecular complexity index is 554. The highest BCUT2D eigenvalue weighted by Crippen LogP contribution is 2.19. The SMILES string of the molecule is CCNc1c(Nc2ccccc2)c(=O)c1=O. The quantitative estimate of drug-likeness (QED) is 0.760. The minimum atomic E-state index is -0.459. The molecule has 0 saturated carbocycles. The van der Waals surface area contributed by atoms with E-state index in [2.05, 4.69) is 10.6 Å². The Morgan fingerprint density at radius 1 is 1.00 bits per heavy atom. The van der Waals surface area contributed by atoms with Crippen LogP contribution in [0.1, 0.15) is 6.92 Å². The summed E-state index contributed by atoms with van der Waals surface area (Å²) in [7, 11) is 0. The molecule has 0 aliphatic heterocycles. The summed E-state index contributed by atoms with van der Waals surface area (Å²) in [6.45, 7) is 2.50. The van der Waals surface area contributed by atoms with Crippen molar-refractivity contribution in [2.24, 2.45) is 0 Å². The number of para-hydroxylation sites is 1. The summed E-state index contributed by atoms with van der Waals surface area (Å²) in [4.78, 5) is 22.6. The normalized spacial score (nSPS) is 10.3. The Morgan fingerprint density at radius 3 is 2.25 bits per heavy atom. The lowest BCUT2D eigenvalue weighted by Gasteiger charge is -2.13. The molecule has 0 aliphatic rings. The second kappa shape index (κ2) is 4.18. The van der Waals surface area contributed by atoms with E-state index in [1.165, 1.54) is 0 Å². The van der Waals surface area contributed by atoms with Crippen molar-refractivity contribution in [3.05, 3.63) is 50.8 Å². The van der Waals surface area contributed by atoms with E-state index in [0.717, 1.165) is 5.69 Å². The number of benzene rings is 1. The van der Waals surface area contributed by atoms with Gasteiger partial charge in [-0.15, -0.1) is 0 Å². The number of hydrogen-bond acceptors (Lipinski definition) is 4. The lowest BCUT2D eigenvalue weighted by Crippen LogP contribution is -2.36. The first-order valence-corrected chi connectivity index (χ1v) is 5.13. The van der Waals surface area contributed by atoms with E-state index >= 15 is 0 Å². The van der Waals surface area contributed by atoms with Gasteiger partial charge in [0.1, 0.15) is 11.4 Å². The Labute approximate surface area is 92.6 Å². The smallest absolute Gasteiger partial charge is 0.253 e. The lowest BCUT2D eigenvalue weighted by atomic mass is 10.2. The fourth-order valence-corrected chi connectivity index (χ4v) is 1.52. The minimum absolute atomic E-state index is 0.359. The first-order valence-electron chi connectivity index (χ1n) is 5.13. The van der Waals surface area contributed by atoms with E-state index in [1.807, 2.05) is 37.3 Å². The van der Waals surface area contributed by atoms with Crippen molar-refractivity contribution in [2.75, 3.05) is 17.2 Å². The summed E-state index contributed by atoms with van der Waals surface area (Å²) < 4.78 is 0. The fraction of sp³-hybridized carbons (Fsp3) is 0.167. The Morgan fingerprint density at radius 2 is 1.62 bits per heavy atom. The highest BCUT2D eigenvalue weighted by atomic mass is 16.2. The van der Waals surface area contributed by atoms with E-state index in [4.69, 9.17) is 0 Å². The Balaban J connectivity index is 2.26. The third-order valence-corrected chi connectivity index (χ3v) is 2.31. The van der Waals surface area contributed by atoms with E-state index in [1.54, 1.807) is 0 Å². The third kappa shape index (κ3) is 1.69. The summed E-state index contributed by atoms with van der Waals surface area (Å²) >= 11 is 0. The van der Waals surface area contributed by atoms with Crippen LogP contribution in [0.4, 0.5) is 17.1 Å². The first kappa shape index (κ1) is 10.4. The zero-order valence-corrected chi connectivity index (χ0v) is 8.91. The number of hydrogen-bond donors (Lipinski definition) is 2. The Hall–Kier alpha value is -2.10. The van der Waals surface area contributed by atoms with Crippen LogP contribution >= 0.6 is 0 Å². The molecule has 0 amide bonds. The van der Waals surface area contributed by atoms with E-state index in [0.29, 0.717) is 17.9 Å². The molecule has 16 heavy (non-hydrogen) atoms. The van der Waals surface area contributed by atoms with Crippen LogP contribution in [-0.2, 0) is 0 Å². The standard InChI is InChI=1S/C12H12N2O2/c1-2-13-9-10(12(16)11(9)15)14-8-6-4-3-5-7-8/h3-7,13-14H,2H2,1H3. The van der Waals surface area contributed by atoms with Crippen LogP contribution in [-0.4, -0.2) is 6.54 Å². The van der Waals surface area contributed by atoms with Crippen molar-refractivity contribution in [3.63, 3.8) is 0 Å². The molecular weight excluding hydrogens is 204 g/mol. The number of anilines is 3. The van der Waals surface area contributed by atoms with Gasteiger partial charge >= 0.3 is 0 Å². The van der Waals surface area contributed by atoms with Crippen LogP contribution in [0.15, 0.2) is 39.9 Å². The van der Waals surface area contributed by atoms with Gasteiger partial charge in [-0.05, 0) is 19.1 Å². The number of nitrogens with one attached hydrogen (secondary N) is 2. The molecule has 0 radical (unpaired) electrons. The van der Waals surface area contributed by atoms with Crippen LogP contribution in [0, 0.1) is 0 Å². The minimum Gasteiger partial charge on any atom is -0.380 e.